The first-order valence-electron chi connectivity index (χ1n) is 3.98. The minimum atomic E-state index is -1.06. The summed E-state index contributed by atoms with van der Waals surface area (Å²) in [7, 11) is 0. The molecule has 0 fully saturated rings. The molecular formula is C9H11NO4. The summed E-state index contributed by atoms with van der Waals surface area (Å²) in [4.78, 5) is 10.6. The van der Waals surface area contributed by atoms with Gasteiger partial charge in [0, 0.05) is 5.56 Å². The van der Waals surface area contributed by atoms with Crippen molar-refractivity contribution in [2.75, 3.05) is 5.73 Å². The van der Waals surface area contributed by atoms with Gasteiger partial charge in [0.2, 0.25) is 0 Å². The highest BCUT2D eigenvalue weighted by Crippen LogP contribution is 2.36. The van der Waals surface area contributed by atoms with Crippen LogP contribution in [0.3, 0.4) is 0 Å². The van der Waals surface area contributed by atoms with Crippen LogP contribution in [0.4, 0.5) is 5.69 Å². The van der Waals surface area contributed by atoms with Gasteiger partial charge in [0.25, 0.3) is 0 Å². The highest BCUT2D eigenvalue weighted by atomic mass is 16.4. The maximum Gasteiger partial charge on any atom is 0.310 e. The van der Waals surface area contributed by atoms with Gasteiger partial charge in [-0.2, -0.15) is 0 Å². The number of nitrogen functional groups attached to an aromatic ring is 1. The number of anilines is 1. The topological polar surface area (TPSA) is 104 Å². The molecule has 5 N–H and O–H groups in total. The van der Waals surface area contributed by atoms with Crippen LogP contribution in [-0.2, 0) is 4.79 Å². The first kappa shape index (κ1) is 10.2. The number of hydrogen-bond donors (Lipinski definition) is 4. The van der Waals surface area contributed by atoms with Gasteiger partial charge >= 0.3 is 5.97 Å². The quantitative estimate of drug-likeness (QED) is 0.416. The number of aliphatic carboxylic acids is 1. The molecule has 0 aliphatic carbocycles. The van der Waals surface area contributed by atoms with Gasteiger partial charge in [0.15, 0.2) is 0 Å². The Morgan fingerprint density at radius 2 is 2.00 bits per heavy atom. The average molecular weight is 197 g/mol. The summed E-state index contributed by atoms with van der Waals surface area (Å²) in [6.07, 6.45) is 0. The van der Waals surface area contributed by atoms with Crippen LogP contribution in [-0.4, -0.2) is 21.3 Å². The SMILES string of the molecule is CC(C(=O)O)c1ccc(O)c(N)c1O. The van der Waals surface area contributed by atoms with Crippen LogP contribution in [0.15, 0.2) is 12.1 Å². The number of aromatic hydroxyl groups is 2. The Kier molecular flexibility index (Phi) is 2.51. The molecule has 5 heteroatoms. The second-order valence-corrected chi connectivity index (χ2v) is 3.00. The number of phenolic OH excluding ortho intramolecular Hbond substituents is 2. The average Bonchev–Trinajstić information content (AvgIpc) is 2.13. The molecule has 0 aromatic heterocycles. The zero-order valence-corrected chi connectivity index (χ0v) is 7.56. The number of benzene rings is 1. The maximum absolute atomic E-state index is 10.6. The van der Waals surface area contributed by atoms with Gasteiger partial charge < -0.3 is 21.1 Å². The molecule has 0 heterocycles. The van der Waals surface area contributed by atoms with Gasteiger partial charge in [-0.3, -0.25) is 4.79 Å². The number of carboxylic acids is 1. The minimum Gasteiger partial charge on any atom is -0.506 e. The predicted octanol–water partition coefficient (Wildman–Crippen LogP) is 0.868. The molecule has 1 rings (SSSR count). The third-order valence-electron chi connectivity index (χ3n) is 2.06. The van der Waals surface area contributed by atoms with Crippen LogP contribution in [0.5, 0.6) is 11.5 Å². The van der Waals surface area contributed by atoms with E-state index in [0.717, 1.165) is 0 Å². The van der Waals surface area contributed by atoms with Gasteiger partial charge in [-0.1, -0.05) is 6.07 Å². The molecule has 1 aromatic carbocycles. The summed E-state index contributed by atoms with van der Waals surface area (Å²) < 4.78 is 0. The van der Waals surface area contributed by atoms with E-state index in [1.807, 2.05) is 0 Å². The molecule has 5 nitrogen and oxygen atoms in total. The van der Waals surface area contributed by atoms with Crippen molar-refractivity contribution in [3.05, 3.63) is 17.7 Å². The van der Waals surface area contributed by atoms with Crippen LogP contribution in [0.25, 0.3) is 0 Å². The summed E-state index contributed by atoms with van der Waals surface area (Å²) in [5.41, 5.74) is 5.32. The highest BCUT2D eigenvalue weighted by molar-refractivity contribution is 5.79. The van der Waals surface area contributed by atoms with Crippen molar-refractivity contribution < 1.29 is 20.1 Å². The third kappa shape index (κ3) is 1.56. The molecule has 0 saturated carbocycles. The molecule has 1 unspecified atom stereocenters. The van der Waals surface area contributed by atoms with Crippen LogP contribution < -0.4 is 5.73 Å². The molecule has 0 amide bonds. The smallest absolute Gasteiger partial charge is 0.310 e. The van der Waals surface area contributed by atoms with E-state index in [1.165, 1.54) is 19.1 Å². The molecule has 0 bridgehead atoms. The highest BCUT2D eigenvalue weighted by Gasteiger charge is 2.19. The normalized spacial score (nSPS) is 12.4. The van der Waals surface area contributed by atoms with Crippen molar-refractivity contribution in [3.63, 3.8) is 0 Å². The lowest BCUT2D eigenvalue weighted by Gasteiger charge is -2.11. The third-order valence-corrected chi connectivity index (χ3v) is 2.06. The second kappa shape index (κ2) is 3.45. The summed E-state index contributed by atoms with van der Waals surface area (Å²) in [5.74, 6) is -2.56. The van der Waals surface area contributed by atoms with Crippen molar-refractivity contribution >= 4 is 11.7 Å². The number of carboxylic acid groups (broad SMARTS) is 1. The molecule has 1 atom stereocenters. The molecule has 0 radical (unpaired) electrons. The fraction of sp³-hybridized carbons (Fsp3) is 0.222. The zero-order valence-electron chi connectivity index (χ0n) is 7.56. The molecule has 76 valence electrons. The van der Waals surface area contributed by atoms with Crippen molar-refractivity contribution in [1.29, 1.82) is 0 Å². The van der Waals surface area contributed by atoms with E-state index in [1.54, 1.807) is 0 Å². The number of rotatable bonds is 2. The van der Waals surface area contributed by atoms with Gasteiger partial charge in [-0.05, 0) is 13.0 Å². The zero-order chi connectivity index (χ0) is 10.9. The second-order valence-electron chi connectivity index (χ2n) is 3.00. The van der Waals surface area contributed by atoms with Crippen LogP contribution in [0, 0.1) is 0 Å². The fourth-order valence-electron chi connectivity index (χ4n) is 1.10. The van der Waals surface area contributed by atoms with Crippen LogP contribution >= 0.6 is 0 Å². The Labute approximate surface area is 80.4 Å². The Bertz CT molecular complexity index is 375. The standard InChI is InChI=1S/C9H11NO4/c1-4(9(13)14)5-2-3-6(11)7(10)8(5)12/h2-4,11-12H,10H2,1H3,(H,13,14). The lowest BCUT2D eigenvalue weighted by atomic mass is 9.99. The molecule has 0 aliphatic heterocycles. The Hall–Kier alpha value is -1.91. The lowest BCUT2D eigenvalue weighted by molar-refractivity contribution is -0.138. The first-order valence-corrected chi connectivity index (χ1v) is 3.98. The van der Waals surface area contributed by atoms with Crippen molar-refractivity contribution in [3.8, 4) is 11.5 Å². The molecule has 0 saturated heterocycles. The monoisotopic (exact) mass is 197 g/mol. The number of nitrogens with two attached hydrogens (primary N) is 1. The minimum absolute atomic E-state index is 0.188. The van der Waals surface area contributed by atoms with E-state index in [4.69, 9.17) is 15.9 Å². The fourth-order valence-corrected chi connectivity index (χ4v) is 1.10. The van der Waals surface area contributed by atoms with Crippen LogP contribution in [0.2, 0.25) is 0 Å². The van der Waals surface area contributed by atoms with Crippen molar-refractivity contribution in [1.82, 2.24) is 0 Å². The Balaban J connectivity index is 3.24. The predicted molar refractivity (Wildman–Crippen MR) is 50.2 cm³/mol. The van der Waals surface area contributed by atoms with E-state index in [9.17, 15) is 9.90 Å². The summed E-state index contributed by atoms with van der Waals surface area (Å²) in [6, 6.07) is 2.59. The molecular weight excluding hydrogens is 186 g/mol. The molecule has 1 aromatic rings. The summed E-state index contributed by atoms with van der Waals surface area (Å²) >= 11 is 0. The largest absolute Gasteiger partial charge is 0.506 e. The van der Waals surface area contributed by atoms with Gasteiger partial charge in [0.05, 0.1) is 5.92 Å². The molecule has 0 aliphatic rings. The van der Waals surface area contributed by atoms with E-state index in [-0.39, 0.29) is 22.7 Å². The number of carbonyl (C=O) groups is 1. The summed E-state index contributed by atoms with van der Waals surface area (Å²) in [5, 5.41) is 27.3. The Morgan fingerprint density at radius 3 is 2.50 bits per heavy atom. The van der Waals surface area contributed by atoms with Gasteiger partial charge in [-0.15, -0.1) is 0 Å². The van der Waals surface area contributed by atoms with Crippen molar-refractivity contribution in [2.24, 2.45) is 0 Å². The summed E-state index contributed by atoms with van der Waals surface area (Å²) in [6.45, 7) is 1.42. The maximum atomic E-state index is 10.6. The van der Waals surface area contributed by atoms with E-state index < -0.39 is 11.9 Å². The lowest BCUT2D eigenvalue weighted by Crippen LogP contribution is -2.08. The molecule has 14 heavy (non-hydrogen) atoms. The van der Waals surface area contributed by atoms with Gasteiger partial charge in [-0.25, -0.2) is 0 Å². The first-order chi connectivity index (χ1) is 6.45. The van der Waals surface area contributed by atoms with E-state index in [2.05, 4.69) is 0 Å². The number of phenols is 2. The Morgan fingerprint density at radius 1 is 1.43 bits per heavy atom. The van der Waals surface area contributed by atoms with Gasteiger partial charge in [0.1, 0.15) is 17.2 Å². The van der Waals surface area contributed by atoms with Crippen molar-refractivity contribution in [2.45, 2.75) is 12.8 Å². The van der Waals surface area contributed by atoms with E-state index in [0.29, 0.717) is 0 Å². The number of hydrogen-bond acceptors (Lipinski definition) is 4. The van der Waals surface area contributed by atoms with Crippen LogP contribution in [0.1, 0.15) is 18.4 Å². The molecule has 0 spiro atoms. The van der Waals surface area contributed by atoms with E-state index >= 15 is 0 Å².